The van der Waals surface area contributed by atoms with Crippen LogP contribution in [-0.4, -0.2) is 27.4 Å². The molecule has 0 fully saturated rings. The van der Waals surface area contributed by atoms with Crippen molar-refractivity contribution in [2.75, 3.05) is 5.75 Å². The number of carbonyl (C=O) groups excluding carboxylic acids is 1. The van der Waals surface area contributed by atoms with Crippen molar-refractivity contribution in [3.63, 3.8) is 0 Å². The Bertz CT molecular complexity index is 413. The van der Waals surface area contributed by atoms with Crippen LogP contribution in [0.25, 0.3) is 0 Å². The van der Waals surface area contributed by atoms with E-state index >= 15 is 0 Å². The van der Waals surface area contributed by atoms with E-state index in [9.17, 15) is 9.90 Å². The van der Waals surface area contributed by atoms with E-state index in [4.69, 9.17) is 4.74 Å². The average Bonchev–Trinajstić information content (AvgIpc) is 2.15. The number of hydrogen-bond donors (Lipinski definition) is 1. The Balaban J connectivity index is 3.05. The van der Waals surface area contributed by atoms with Crippen molar-refractivity contribution in [1.29, 1.82) is 0 Å². The summed E-state index contributed by atoms with van der Waals surface area (Å²) in [6.45, 7) is 6.56. The zero-order chi connectivity index (χ0) is 13.1. The van der Waals surface area contributed by atoms with Crippen molar-refractivity contribution in [2.24, 2.45) is 0 Å². The standard InChI is InChI=1S/C12H17NO3S/c1-5-17-10-6-9(16-12(3,4)15)7-13-11(10)8(2)14/h6-7,15H,5H2,1-4H3. The molecule has 17 heavy (non-hydrogen) atoms. The molecule has 4 nitrogen and oxygen atoms in total. The number of thioether (sulfide) groups is 1. The third-order valence-electron chi connectivity index (χ3n) is 1.83. The number of Topliss-reactive ketones (excluding diaryl/α,β-unsaturated/α-hetero) is 1. The molecule has 1 heterocycles. The molecule has 94 valence electrons. The Kier molecular flexibility index (Phi) is 4.54. The molecular formula is C12H17NO3S. The van der Waals surface area contributed by atoms with Crippen LogP contribution >= 0.6 is 11.8 Å². The molecule has 0 aliphatic heterocycles. The lowest BCUT2D eigenvalue weighted by molar-refractivity contribution is -0.104. The first kappa shape index (κ1) is 14.0. The smallest absolute Gasteiger partial charge is 0.202 e. The lowest BCUT2D eigenvalue weighted by Gasteiger charge is -2.20. The van der Waals surface area contributed by atoms with E-state index in [1.807, 2.05) is 6.92 Å². The average molecular weight is 255 g/mol. The largest absolute Gasteiger partial charge is 0.462 e. The number of carbonyl (C=O) groups is 1. The summed E-state index contributed by atoms with van der Waals surface area (Å²) in [4.78, 5) is 16.2. The van der Waals surface area contributed by atoms with Gasteiger partial charge in [-0.15, -0.1) is 11.8 Å². The zero-order valence-electron chi connectivity index (χ0n) is 10.5. The molecule has 0 spiro atoms. The molecule has 5 heteroatoms. The van der Waals surface area contributed by atoms with Crippen LogP contribution in [0.1, 0.15) is 38.2 Å². The molecule has 1 N–H and O–H groups in total. The maximum Gasteiger partial charge on any atom is 0.202 e. The van der Waals surface area contributed by atoms with E-state index in [1.54, 1.807) is 19.9 Å². The highest BCUT2D eigenvalue weighted by Gasteiger charge is 2.17. The summed E-state index contributed by atoms with van der Waals surface area (Å²) >= 11 is 1.53. The molecular weight excluding hydrogens is 238 g/mol. The van der Waals surface area contributed by atoms with Gasteiger partial charge in [0, 0.05) is 25.7 Å². The van der Waals surface area contributed by atoms with Crippen LogP contribution < -0.4 is 4.74 Å². The molecule has 0 atom stereocenters. The summed E-state index contributed by atoms with van der Waals surface area (Å²) in [7, 11) is 0. The van der Waals surface area contributed by atoms with E-state index in [1.165, 1.54) is 24.9 Å². The van der Waals surface area contributed by atoms with Gasteiger partial charge in [0.05, 0.1) is 6.20 Å². The number of aromatic nitrogens is 1. The molecule has 1 aromatic rings. The third kappa shape index (κ3) is 4.36. The number of pyridine rings is 1. The van der Waals surface area contributed by atoms with Gasteiger partial charge in [-0.2, -0.15) is 0 Å². The summed E-state index contributed by atoms with van der Waals surface area (Å²) in [6, 6.07) is 1.73. The van der Waals surface area contributed by atoms with Crippen LogP contribution in [0.15, 0.2) is 17.2 Å². The van der Waals surface area contributed by atoms with E-state index in [-0.39, 0.29) is 5.78 Å². The molecule has 1 rings (SSSR count). The van der Waals surface area contributed by atoms with E-state index < -0.39 is 5.79 Å². The van der Waals surface area contributed by atoms with Gasteiger partial charge in [0.15, 0.2) is 5.78 Å². The molecule has 0 bridgehead atoms. The minimum absolute atomic E-state index is 0.0734. The van der Waals surface area contributed by atoms with Gasteiger partial charge in [0.1, 0.15) is 11.4 Å². The minimum Gasteiger partial charge on any atom is -0.462 e. The van der Waals surface area contributed by atoms with Crippen LogP contribution in [0.4, 0.5) is 0 Å². The van der Waals surface area contributed by atoms with Crippen LogP contribution in [0.5, 0.6) is 5.75 Å². The van der Waals surface area contributed by atoms with Gasteiger partial charge in [-0.05, 0) is 11.8 Å². The van der Waals surface area contributed by atoms with Gasteiger partial charge < -0.3 is 9.84 Å². The molecule has 0 saturated heterocycles. The van der Waals surface area contributed by atoms with Crippen molar-refractivity contribution in [2.45, 2.75) is 38.4 Å². The van der Waals surface area contributed by atoms with Gasteiger partial charge in [0.2, 0.25) is 5.79 Å². The monoisotopic (exact) mass is 255 g/mol. The Morgan fingerprint density at radius 3 is 2.71 bits per heavy atom. The zero-order valence-corrected chi connectivity index (χ0v) is 11.3. The SMILES string of the molecule is CCSc1cc(OC(C)(C)O)cnc1C(C)=O. The van der Waals surface area contributed by atoms with Crippen LogP contribution in [0, 0.1) is 0 Å². The molecule has 0 saturated carbocycles. The van der Waals surface area contributed by atoms with Crippen molar-refractivity contribution in [1.82, 2.24) is 4.98 Å². The summed E-state index contributed by atoms with van der Waals surface area (Å²) < 4.78 is 5.29. The van der Waals surface area contributed by atoms with Crippen molar-refractivity contribution < 1.29 is 14.6 Å². The number of nitrogens with zero attached hydrogens (tertiary/aromatic N) is 1. The molecule has 1 aromatic heterocycles. The highest BCUT2D eigenvalue weighted by Crippen LogP contribution is 2.27. The molecule has 0 aliphatic carbocycles. The molecule has 0 aromatic carbocycles. The lowest BCUT2D eigenvalue weighted by atomic mass is 10.2. The first-order valence-corrected chi connectivity index (χ1v) is 6.37. The Hall–Kier alpha value is -1.07. The van der Waals surface area contributed by atoms with E-state index in [0.717, 1.165) is 10.6 Å². The summed E-state index contributed by atoms with van der Waals surface area (Å²) in [5.41, 5.74) is 0.444. The van der Waals surface area contributed by atoms with Gasteiger partial charge in [-0.1, -0.05) is 6.92 Å². The Labute approximate surface area is 105 Å². The first-order valence-electron chi connectivity index (χ1n) is 5.38. The number of ketones is 1. The second kappa shape index (κ2) is 5.51. The van der Waals surface area contributed by atoms with Crippen LogP contribution in [0.3, 0.4) is 0 Å². The van der Waals surface area contributed by atoms with Gasteiger partial charge in [0.25, 0.3) is 0 Å². The van der Waals surface area contributed by atoms with Crippen LogP contribution in [0.2, 0.25) is 0 Å². The predicted molar refractivity (Wildman–Crippen MR) is 67.6 cm³/mol. The fraction of sp³-hybridized carbons (Fsp3) is 0.500. The number of hydrogen-bond acceptors (Lipinski definition) is 5. The second-order valence-corrected chi connectivity index (χ2v) is 5.36. The Morgan fingerprint density at radius 2 is 2.24 bits per heavy atom. The predicted octanol–water partition coefficient (Wildman–Crippen LogP) is 2.50. The van der Waals surface area contributed by atoms with Crippen molar-refractivity contribution in [3.05, 3.63) is 18.0 Å². The number of ether oxygens (including phenoxy) is 1. The van der Waals surface area contributed by atoms with E-state index in [0.29, 0.717) is 11.4 Å². The fourth-order valence-corrected chi connectivity index (χ4v) is 2.14. The van der Waals surface area contributed by atoms with Gasteiger partial charge in [-0.3, -0.25) is 4.79 Å². The maximum absolute atomic E-state index is 11.4. The summed E-state index contributed by atoms with van der Waals surface area (Å²) in [5.74, 6) is -0.0316. The lowest BCUT2D eigenvalue weighted by Crippen LogP contribution is -2.27. The third-order valence-corrected chi connectivity index (χ3v) is 2.74. The van der Waals surface area contributed by atoms with Crippen LogP contribution in [-0.2, 0) is 0 Å². The molecule has 0 aliphatic rings. The minimum atomic E-state index is -1.26. The normalized spacial score (nSPS) is 11.4. The molecule has 0 amide bonds. The fourth-order valence-electron chi connectivity index (χ4n) is 1.30. The van der Waals surface area contributed by atoms with E-state index in [2.05, 4.69) is 4.98 Å². The van der Waals surface area contributed by atoms with Crippen molar-refractivity contribution in [3.8, 4) is 5.75 Å². The number of aliphatic hydroxyl groups is 1. The summed E-state index contributed by atoms with van der Waals surface area (Å²) in [6.07, 6.45) is 1.45. The summed E-state index contributed by atoms with van der Waals surface area (Å²) in [5, 5.41) is 9.55. The van der Waals surface area contributed by atoms with Crippen molar-refractivity contribution >= 4 is 17.5 Å². The van der Waals surface area contributed by atoms with Gasteiger partial charge >= 0.3 is 0 Å². The highest BCUT2D eigenvalue weighted by atomic mass is 32.2. The number of rotatable bonds is 5. The quantitative estimate of drug-likeness (QED) is 0.497. The first-order chi connectivity index (χ1) is 7.83. The highest BCUT2D eigenvalue weighted by molar-refractivity contribution is 7.99. The second-order valence-electron chi connectivity index (χ2n) is 4.06. The Morgan fingerprint density at radius 1 is 1.59 bits per heavy atom. The molecule has 0 unspecified atom stereocenters. The van der Waals surface area contributed by atoms with Gasteiger partial charge in [-0.25, -0.2) is 4.98 Å². The molecule has 0 radical (unpaired) electrons. The maximum atomic E-state index is 11.4. The topological polar surface area (TPSA) is 59.4 Å².